The van der Waals surface area contributed by atoms with E-state index in [0.717, 1.165) is 5.29 Å². The average Bonchev–Trinajstić information content (AvgIpc) is 2.11. The zero-order valence-electron chi connectivity index (χ0n) is 11.6. The highest BCUT2D eigenvalue weighted by Crippen LogP contribution is 2.20. The smallest absolute Gasteiger partial charge is 0.0854 e. The minimum Gasteiger partial charge on any atom is -0.316 e. The van der Waals surface area contributed by atoms with Gasteiger partial charge in [0, 0.05) is 6.04 Å². The van der Waals surface area contributed by atoms with Crippen LogP contribution in [0.3, 0.4) is 0 Å². The van der Waals surface area contributed by atoms with Crippen molar-refractivity contribution in [1.82, 2.24) is 5.32 Å². The molecular weight excluding hydrogens is 214 g/mol. The summed E-state index contributed by atoms with van der Waals surface area (Å²) in [6, 6.07) is 0.633. The summed E-state index contributed by atoms with van der Waals surface area (Å²) >= 11 is 0. The van der Waals surface area contributed by atoms with E-state index in [-0.39, 0.29) is 0 Å². The van der Waals surface area contributed by atoms with Crippen molar-refractivity contribution in [2.75, 3.05) is 0 Å². The number of nitrogens with one attached hydrogen (secondary N) is 1. The summed E-state index contributed by atoms with van der Waals surface area (Å²) in [7, 11) is -2.45. The van der Waals surface area contributed by atoms with Crippen LogP contribution in [0.4, 0.5) is 0 Å². The highest BCUT2D eigenvalue weighted by molar-refractivity contribution is 6.99. The second-order valence-electron chi connectivity index (χ2n) is 6.30. The third-order valence-corrected chi connectivity index (χ3v) is 12.6. The average molecular weight is 244 g/mol. The van der Waals surface area contributed by atoms with Crippen molar-refractivity contribution in [1.29, 1.82) is 0 Å². The van der Waals surface area contributed by atoms with E-state index in [1.807, 2.05) is 0 Å². The van der Waals surface area contributed by atoms with Crippen molar-refractivity contribution in [3.63, 3.8) is 0 Å². The molecule has 0 heterocycles. The quantitative estimate of drug-likeness (QED) is 0.703. The second-order valence-corrected chi connectivity index (χ2v) is 16.8. The van der Waals surface area contributed by atoms with E-state index in [2.05, 4.69) is 64.2 Å². The van der Waals surface area contributed by atoms with Gasteiger partial charge in [-0.25, -0.2) is 0 Å². The molecule has 0 bridgehead atoms. The van der Waals surface area contributed by atoms with Gasteiger partial charge in [0.2, 0.25) is 0 Å². The fourth-order valence-corrected chi connectivity index (χ4v) is 13.1. The first-order valence-corrected chi connectivity index (χ1v) is 12.8. The third kappa shape index (κ3) is 4.66. The molecule has 0 aromatic carbocycles. The van der Waals surface area contributed by atoms with E-state index in [0.29, 0.717) is 6.04 Å². The number of hydrogen-bond donors (Lipinski definition) is 1. The number of hydrogen-bond acceptors (Lipinski definition) is 1. The van der Waals surface area contributed by atoms with Crippen molar-refractivity contribution in [2.24, 2.45) is 0 Å². The normalized spacial score (nSPS) is 17.3. The Bertz CT molecular complexity index is 206. The lowest BCUT2D eigenvalue weighted by Gasteiger charge is -2.41. The maximum absolute atomic E-state index is 4.04. The van der Waals surface area contributed by atoms with Gasteiger partial charge >= 0.3 is 0 Å². The monoisotopic (exact) mass is 243 g/mol. The Morgan fingerprint density at radius 2 is 1.67 bits per heavy atom. The Morgan fingerprint density at radius 3 is 1.93 bits per heavy atom. The molecule has 0 radical (unpaired) electrons. The summed E-state index contributed by atoms with van der Waals surface area (Å²) in [5.74, 6) is 0. The van der Waals surface area contributed by atoms with E-state index in [4.69, 9.17) is 0 Å². The summed E-state index contributed by atoms with van der Waals surface area (Å²) in [6.07, 6.45) is 1.21. The lowest BCUT2D eigenvalue weighted by atomic mass is 10.3. The second kappa shape index (κ2) is 5.46. The summed E-state index contributed by atoms with van der Waals surface area (Å²) < 4.78 is 0. The highest BCUT2D eigenvalue weighted by Gasteiger charge is 2.39. The topological polar surface area (TPSA) is 12.0 Å². The van der Waals surface area contributed by atoms with Crippen molar-refractivity contribution >= 4 is 16.1 Å². The molecule has 2 unspecified atom stereocenters. The van der Waals surface area contributed by atoms with E-state index >= 15 is 0 Å². The lowest BCUT2D eigenvalue weighted by molar-refractivity contribution is 0.550. The molecular formula is C12H29NSi2. The first-order valence-electron chi connectivity index (χ1n) is 6.04. The third-order valence-electron chi connectivity index (χ3n) is 3.20. The van der Waals surface area contributed by atoms with Gasteiger partial charge in [0.15, 0.2) is 0 Å². The lowest BCUT2D eigenvalue weighted by Crippen LogP contribution is -2.64. The molecule has 0 fully saturated rings. The van der Waals surface area contributed by atoms with Gasteiger partial charge in [0.05, 0.1) is 16.1 Å². The van der Waals surface area contributed by atoms with Gasteiger partial charge in [-0.15, -0.1) is 12.3 Å². The fourth-order valence-electron chi connectivity index (χ4n) is 2.10. The predicted octanol–water partition coefficient (Wildman–Crippen LogP) is 3.59. The van der Waals surface area contributed by atoms with E-state index in [1.165, 1.54) is 6.42 Å². The molecule has 3 heteroatoms. The molecule has 1 nitrogen and oxygen atoms in total. The van der Waals surface area contributed by atoms with Crippen molar-refractivity contribution < 1.29 is 0 Å². The zero-order chi connectivity index (χ0) is 12.3. The maximum Gasteiger partial charge on any atom is 0.0854 e. The minimum atomic E-state index is -1.31. The van der Waals surface area contributed by atoms with Crippen LogP contribution in [0.2, 0.25) is 32.7 Å². The first kappa shape index (κ1) is 15.1. The first-order chi connectivity index (χ1) is 6.65. The summed E-state index contributed by atoms with van der Waals surface area (Å²) in [5, 5.41) is 4.58. The van der Waals surface area contributed by atoms with Crippen molar-refractivity contribution in [2.45, 2.75) is 64.3 Å². The molecule has 90 valence electrons. The van der Waals surface area contributed by atoms with Crippen LogP contribution in [0.1, 0.15) is 20.3 Å². The minimum absolute atomic E-state index is 0.633. The van der Waals surface area contributed by atoms with Gasteiger partial charge in [-0.3, -0.25) is 0 Å². The molecule has 0 aliphatic rings. The standard InChI is InChI=1S/C12H29NSi2/c1-9-11(3)13-12(14(4,5)6)15(7,8)10-2/h10-13H,2,9H2,1,3-8H3. The Kier molecular flexibility index (Phi) is 5.51. The van der Waals surface area contributed by atoms with Crippen LogP contribution < -0.4 is 5.32 Å². The molecule has 2 atom stereocenters. The highest BCUT2D eigenvalue weighted by atomic mass is 28.4. The van der Waals surface area contributed by atoms with Crippen LogP contribution in [0.25, 0.3) is 0 Å². The predicted molar refractivity (Wildman–Crippen MR) is 77.7 cm³/mol. The van der Waals surface area contributed by atoms with Gasteiger partial charge in [-0.1, -0.05) is 39.7 Å². The zero-order valence-corrected chi connectivity index (χ0v) is 13.6. The Morgan fingerprint density at radius 1 is 1.20 bits per heavy atom. The number of rotatable bonds is 6. The molecule has 0 aromatic heterocycles. The van der Waals surface area contributed by atoms with Crippen LogP contribution in [0.5, 0.6) is 0 Å². The Labute approximate surface area is 98.4 Å². The summed E-state index contributed by atoms with van der Waals surface area (Å²) in [4.78, 5) is 0. The molecule has 0 aliphatic carbocycles. The van der Waals surface area contributed by atoms with Crippen LogP contribution in [-0.4, -0.2) is 27.5 Å². The van der Waals surface area contributed by atoms with E-state index < -0.39 is 16.1 Å². The van der Waals surface area contributed by atoms with Crippen LogP contribution in [0, 0.1) is 0 Å². The van der Waals surface area contributed by atoms with Crippen LogP contribution in [0.15, 0.2) is 12.3 Å². The van der Waals surface area contributed by atoms with Gasteiger partial charge < -0.3 is 5.32 Å². The summed E-state index contributed by atoms with van der Waals surface area (Å²) in [6.45, 7) is 20.8. The van der Waals surface area contributed by atoms with Crippen LogP contribution in [-0.2, 0) is 0 Å². The molecule has 0 aliphatic heterocycles. The van der Waals surface area contributed by atoms with Gasteiger partial charge in [0.1, 0.15) is 0 Å². The molecule has 0 rings (SSSR count). The SMILES string of the molecule is C=C[Si](C)(C)C(NC(C)CC)[Si](C)(C)C. The van der Waals surface area contributed by atoms with E-state index in [1.54, 1.807) is 0 Å². The van der Waals surface area contributed by atoms with Crippen molar-refractivity contribution in [3.05, 3.63) is 12.3 Å². The van der Waals surface area contributed by atoms with Crippen LogP contribution >= 0.6 is 0 Å². The van der Waals surface area contributed by atoms with Gasteiger partial charge in [-0.2, -0.15) is 0 Å². The Balaban J connectivity index is 4.83. The molecule has 1 N–H and O–H groups in total. The molecule has 0 saturated carbocycles. The van der Waals surface area contributed by atoms with Crippen molar-refractivity contribution in [3.8, 4) is 0 Å². The molecule has 0 saturated heterocycles. The molecule has 0 spiro atoms. The Hall–Kier alpha value is 0.134. The maximum atomic E-state index is 4.04. The van der Waals surface area contributed by atoms with Gasteiger partial charge in [-0.05, 0) is 18.6 Å². The molecule has 15 heavy (non-hydrogen) atoms. The molecule has 0 aromatic rings. The fraction of sp³-hybridized carbons (Fsp3) is 0.833. The van der Waals surface area contributed by atoms with E-state index in [9.17, 15) is 0 Å². The summed E-state index contributed by atoms with van der Waals surface area (Å²) in [5.41, 5.74) is 2.24. The van der Waals surface area contributed by atoms with Gasteiger partial charge in [0.25, 0.3) is 0 Å². The molecule has 0 amide bonds. The largest absolute Gasteiger partial charge is 0.316 e.